The van der Waals surface area contributed by atoms with Gasteiger partial charge in [0, 0.05) is 17.5 Å². The third-order valence-electron chi connectivity index (χ3n) is 2.78. The summed E-state index contributed by atoms with van der Waals surface area (Å²) in [5.74, 6) is -1.43. The average molecular weight is 302 g/mol. The number of ketones is 1. The lowest BCUT2D eigenvalue weighted by molar-refractivity contribution is -0.138. The molecule has 0 atom stereocenters. The largest absolute Gasteiger partial charge is 0.351 e. The van der Waals surface area contributed by atoms with Crippen LogP contribution in [0.15, 0.2) is 42.5 Å². The summed E-state index contributed by atoms with van der Waals surface area (Å²) in [6, 6.07) is 12.5. The summed E-state index contributed by atoms with van der Waals surface area (Å²) in [7, 11) is 1.39. The zero-order valence-corrected chi connectivity index (χ0v) is 12.2. The topological polar surface area (TPSA) is 75.3 Å². The van der Waals surface area contributed by atoms with Crippen LogP contribution in [0.3, 0.4) is 0 Å². The molecule has 1 aromatic carbocycles. The molecular formula is C15H14N2O3S. The Morgan fingerprint density at radius 1 is 1.00 bits per heavy atom. The van der Waals surface area contributed by atoms with E-state index in [-0.39, 0.29) is 12.3 Å². The average Bonchev–Trinajstić information content (AvgIpc) is 3.00. The van der Waals surface area contributed by atoms with E-state index in [0.29, 0.717) is 10.4 Å². The summed E-state index contributed by atoms with van der Waals surface area (Å²) in [5, 5.41) is 4.73. The van der Waals surface area contributed by atoms with Crippen LogP contribution in [0.2, 0.25) is 0 Å². The molecule has 6 heteroatoms. The van der Waals surface area contributed by atoms with Gasteiger partial charge in [-0.15, -0.1) is 11.3 Å². The Labute approximate surface area is 126 Å². The molecule has 1 heterocycles. The first-order valence-electron chi connectivity index (χ1n) is 6.30. The number of amides is 2. The van der Waals surface area contributed by atoms with Crippen LogP contribution >= 0.6 is 11.3 Å². The lowest BCUT2D eigenvalue weighted by atomic mass is 10.1. The van der Waals surface area contributed by atoms with E-state index in [0.717, 1.165) is 4.88 Å². The highest BCUT2D eigenvalue weighted by molar-refractivity contribution is 7.14. The van der Waals surface area contributed by atoms with Gasteiger partial charge in [-0.1, -0.05) is 30.3 Å². The Morgan fingerprint density at radius 2 is 1.71 bits per heavy atom. The van der Waals surface area contributed by atoms with Gasteiger partial charge in [-0.2, -0.15) is 0 Å². The Bertz CT molecular complexity index is 665. The zero-order valence-electron chi connectivity index (χ0n) is 11.4. The van der Waals surface area contributed by atoms with Gasteiger partial charge in [0.2, 0.25) is 5.78 Å². The molecule has 0 radical (unpaired) electrons. The van der Waals surface area contributed by atoms with Gasteiger partial charge < -0.3 is 10.6 Å². The van der Waals surface area contributed by atoms with Crippen LogP contribution in [-0.2, 0) is 16.1 Å². The van der Waals surface area contributed by atoms with Gasteiger partial charge in [-0.3, -0.25) is 14.4 Å². The molecule has 1 aromatic heterocycles. The third kappa shape index (κ3) is 3.76. The second-order valence-electron chi connectivity index (χ2n) is 4.22. The predicted molar refractivity (Wildman–Crippen MR) is 80.1 cm³/mol. The molecule has 0 saturated carbocycles. The first-order chi connectivity index (χ1) is 10.1. The van der Waals surface area contributed by atoms with Crippen LogP contribution in [0.1, 0.15) is 20.1 Å². The lowest BCUT2D eigenvalue weighted by Gasteiger charge is -2.01. The fourth-order valence-corrected chi connectivity index (χ4v) is 2.60. The van der Waals surface area contributed by atoms with E-state index in [1.165, 1.54) is 18.4 Å². The van der Waals surface area contributed by atoms with Crippen LogP contribution in [0.4, 0.5) is 0 Å². The van der Waals surface area contributed by atoms with Crippen LogP contribution in [0.25, 0.3) is 0 Å². The highest BCUT2D eigenvalue weighted by Gasteiger charge is 2.13. The number of likely N-dealkylation sites (N-methyl/N-ethyl adjacent to an activating group) is 1. The molecule has 0 aliphatic carbocycles. The number of carbonyl (C=O) groups excluding carboxylic acids is 3. The maximum atomic E-state index is 12.2. The Hall–Kier alpha value is -2.47. The Balaban J connectivity index is 2.00. The molecule has 21 heavy (non-hydrogen) atoms. The molecule has 0 aliphatic heterocycles. The first kappa shape index (κ1) is 14.9. The summed E-state index contributed by atoms with van der Waals surface area (Å²) in [4.78, 5) is 36.0. The minimum absolute atomic E-state index is 0.0514. The van der Waals surface area contributed by atoms with Gasteiger partial charge in [-0.25, -0.2) is 0 Å². The van der Waals surface area contributed by atoms with Crippen molar-refractivity contribution in [1.82, 2.24) is 10.6 Å². The summed E-state index contributed by atoms with van der Waals surface area (Å²) in [5.41, 5.74) is 0.625. The predicted octanol–water partition coefficient (Wildman–Crippen LogP) is 1.34. The molecule has 0 unspecified atom stereocenters. The SMILES string of the molecule is CNC(=O)C(=O)NCc1ccc(C(=O)c2ccccc2)s1. The van der Waals surface area contributed by atoms with Crippen molar-refractivity contribution in [2.45, 2.75) is 6.54 Å². The second-order valence-corrected chi connectivity index (χ2v) is 5.39. The monoisotopic (exact) mass is 302 g/mol. The standard InChI is InChI=1S/C15H14N2O3S/c1-16-14(19)15(20)17-9-11-7-8-12(21-11)13(18)10-5-3-2-4-6-10/h2-8H,9H2,1H3,(H,16,19)(H,17,20). The van der Waals surface area contributed by atoms with Gasteiger partial charge in [0.05, 0.1) is 11.4 Å². The number of carbonyl (C=O) groups is 3. The molecule has 5 nitrogen and oxygen atoms in total. The van der Waals surface area contributed by atoms with E-state index in [4.69, 9.17) is 0 Å². The van der Waals surface area contributed by atoms with Gasteiger partial charge in [0.25, 0.3) is 0 Å². The molecule has 2 N–H and O–H groups in total. The maximum absolute atomic E-state index is 12.2. The van der Waals surface area contributed by atoms with Gasteiger partial charge in [-0.05, 0) is 12.1 Å². The van der Waals surface area contributed by atoms with E-state index in [1.54, 1.807) is 24.3 Å². The lowest BCUT2D eigenvalue weighted by Crippen LogP contribution is -2.37. The summed E-state index contributed by atoms with van der Waals surface area (Å²) < 4.78 is 0. The Morgan fingerprint density at radius 3 is 2.38 bits per heavy atom. The van der Waals surface area contributed by atoms with Gasteiger partial charge in [0.15, 0.2) is 0 Å². The molecule has 0 saturated heterocycles. The number of nitrogens with one attached hydrogen (secondary N) is 2. The van der Waals surface area contributed by atoms with Crippen molar-refractivity contribution in [2.24, 2.45) is 0 Å². The Kier molecular flexibility index (Phi) is 4.84. The number of thiophene rings is 1. The number of hydrogen-bond donors (Lipinski definition) is 2. The molecule has 0 spiro atoms. The van der Waals surface area contributed by atoms with Crippen LogP contribution in [-0.4, -0.2) is 24.6 Å². The highest BCUT2D eigenvalue weighted by Crippen LogP contribution is 2.19. The summed E-state index contributed by atoms with van der Waals surface area (Å²) in [6.45, 7) is 0.221. The minimum Gasteiger partial charge on any atom is -0.351 e. The smallest absolute Gasteiger partial charge is 0.309 e. The van der Waals surface area contributed by atoms with E-state index in [1.807, 2.05) is 18.2 Å². The number of hydrogen-bond acceptors (Lipinski definition) is 4. The molecule has 0 fully saturated rings. The minimum atomic E-state index is -0.693. The van der Waals surface area contributed by atoms with Crippen molar-refractivity contribution >= 4 is 28.9 Å². The van der Waals surface area contributed by atoms with Crippen molar-refractivity contribution in [3.63, 3.8) is 0 Å². The van der Waals surface area contributed by atoms with E-state index < -0.39 is 11.8 Å². The molecule has 0 aliphatic rings. The van der Waals surface area contributed by atoms with Crippen LogP contribution < -0.4 is 10.6 Å². The quantitative estimate of drug-likeness (QED) is 0.661. The normalized spacial score (nSPS) is 9.95. The van der Waals surface area contributed by atoms with E-state index >= 15 is 0 Å². The highest BCUT2D eigenvalue weighted by atomic mass is 32.1. The van der Waals surface area contributed by atoms with Crippen molar-refractivity contribution in [3.8, 4) is 0 Å². The van der Waals surface area contributed by atoms with Crippen molar-refractivity contribution in [3.05, 3.63) is 57.8 Å². The number of rotatable bonds is 4. The van der Waals surface area contributed by atoms with E-state index in [9.17, 15) is 14.4 Å². The molecule has 0 bridgehead atoms. The summed E-state index contributed by atoms with van der Waals surface area (Å²) in [6.07, 6.45) is 0. The second kappa shape index (κ2) is 6.81. The van der Waals surface area contributed by atoms with Gasteiger partial charge >= 0.3 is 11.8 Å². The van der Waals surface area contributed by atoms with Crippen molar-refractivity contribution < 1.29 is 14.4 Å². The fraction of sp³-hybridized carbons (Fsp3) is 0.133. The molecule has 2 rings (SSSR count). The van der Waals surface area contributed by atoms with Crippen LogP contribution in [0.5, 0.6) is 0 Å². The summed E-state index contributed by atoms with van der Waals surface area (Å²) >= 11 is 1.30. The third-order valence-corrected chi connectivity index (χ3v) is 3.86. The molecular weight excluding hydrogens is 288 g/mol. The fourth-order valence-electron chi connectivity index (χ4n) is 1.69. The molecule has 2 aromatic rings. The zero-order chi connectivity index (χ0) is 15.2. The first-order valence-corrected chi connectivity index (χ1v) is 7.12. The van der Waals surface area contributed by atoms with Crippen molar-refractivity contribution in [1.29, 1.82) is 0 Å². The molecule has 2 amide bonds. The number of benzene rings is 1. The molecule has 108 valence electrons. The maximum Gasteiger partial charge on any atom is 0.309 e. The van der Waals surface area contributed by atoms with Gasteiger partial charge in [0.1, 0.15) is 0 Å². The van der Waals surface area contributed by atoms with Crippen LogP contribution in [0, 0.1) is 0 Å². The van der Waals surface area contributed by atoms with Crippen molar-refractivity contribution in [2.75, 3.05) is 7.05 Å². The van der Waals surface area contributed by atoms with E-state index in [2.05, 4.69) is 10.6 Å².